The molecule has 2 aromatic carbocycles. The van der Waals surface area contributed by atoms with Crippen LogP contribution >= 0.6 is 0 Å². The van der Waals surface area contributed by atoms with Gasteiger partial charge in [-0.05, 0) is 41.3 Å². The van der Waals surface area contributed by atoms with Crippen molar-refractivity contribution in [2.24, 2.45) is 10.7 Å². The van der Waals surface area contributed by atoms with E-state index >= 15 is 0 Å². The summed E-state index contributed by atoms with van der Waals surface area (Å²) in [5.74, 6) is -0.377. The van der Waals surface area contributed by atoms with E-state index in [4.69, 9.17) is 14.7 Å². The lowest BCUT2D eigenvalue weighted by Crippen LogP contribution is -2.26. The van der Waals surface area contributed by atoms with E-state index in [1.165, 1.54) is 4.90 Å². The monoisotopic (exact) mass is 473 g/mol. The molecule has 0 spiro atoms. The summed E-state index contributed by atoms with van der Waals surface area (Å²) >= 11 is 0. The Morgan fingerprint density at radius 2 is 1.82 bits per heavy atom. The molecule has 0 saturated carbocycles. The van der Waals surface area contributed by atoms with Crippen molar-refractivity contribution in [1.29, 1.82) is 0 Å². The first kappa shape index (κ1) is 24.4. The molecular weight excluding hydrogens is 446 g/mol. The number of nitrogens with zero attached hydrogens (tertiary/aromatic N) is 2. The van der Waals surface area contributed by atoms with E-state index in [1.807, 2.05) is 32.9 Å². The number of nitrogens with two attached hydrogens (primary N) is 1. The molecule has 0 aromatic heterocycles. The fourth-order valence-electron chi connectivity index (χ4n) is 3.39. The van der Waals surface area contributed by atoms with Gasteiger partial charge in [0.2, 0.25) is 0 Å². The largest absolute Gasteiger partial charge is 0.441 e. The Balaban J connectivity index is 1.73. The van der Waals surface area contributed by atoms with E-state index in [0.717, 1.165) is 11.8 Å². The van der Waals surface area contributed by atoms with Crippen LogP contribution in [-0.2, 0) is 24.5 Å². The molecule has 1 heterocycles. The Kier molecular flexibility index (Phi) is 6.89. The van der Waals surface area contributed by atoms with Crippen LogP contribution in [0.15, 0.2) is 53.5 Å². The third-order valence-corrected chi connectivity index (χ3v) is 5.57. The van der Waals surface area contributed by atoms with Crippen LogP contribution in [0, 0.1) is 0 Å². The summed E-state index contributed by atoms with van der Waals surface area (Å²) in [6, 6.07) is 13.9. The van der Waals surface area contributed by atoms with E-state index in [-0.39, 0.29) is 24.4 Å². The van der Waals surface area contributed by atoms with Gasteiger partial charge in [0.25, 0.3) is 16.0 Å². The Hall–Kier alpha value is -3.24. The maximum absolute atomic E-state index is 12.8. The summed E-state index contributed by atoms with van der Waals surface area (Å²) in [6.45, 7) is 5.95. The third-order valence-electron chi connectivity index (χ3n) is 5.00. The van der Waals surface area contributed by atoms with Crippen LogP contribution in [-0.4, -0.2) is 51.8 Å². The van der Waals surface area contributed by atoms with Gasteiger partial charge in [-0.25, -0.2) is 4.79 Å². The Morgan fingerprint density at radius 3 is 2.42 bits per heavy atom. The second-order valence-electron chi connectivity index (χ2n) is 8.75. The maximum Gasteiger partial charge on any atom is 0.414 e. The number of rotatable bonds is 6. The standard InChI is InChI=1S/C23H27N3O6S/c1-23(2,3)19-8-6-5-7-18(19)21(27)25-20(24)15-9-11-16(12-10-15)26-13-17(32-22(26)28)14-31-33(4,29)30/h5-12,17H,13-14H2,1-4H3,(H2,24,25,27). The maximum atomic E-state index is 12.8. The zero-order chi connectivity index (χ0) is 24.4. The highest BCUT2D eigenvalue weighted by Crippen LogP contribution is 2.26. The molecule has 2 aromatic rings. The number of hydrogen-bond acceptors (Lipinski definition) is 6. The van der Waals surface area contributed by atoms with Crippen molar-refractivity contribution in [1.82, 2.24) is 0 Å². The molecule has 1 fully saturated rings. The van der Waals surface area contributed by atoms with Crippen LogP contribution in [0.5, 0.6) is 0 Å². The zero-order valence-electron chi connectivity index (χ0n) is 18.9. The van der Waals surface area contributed by atoms with Gasteiger partial charge in [-0.2, -0.15) is 13.4 Å². The highest BCUT2D eigenvalue weighted by atomic mass is 32.2. The van der Waals surface area contributed by atoms with Gasteiger partial charge in [0.15, 0.2) is 0 Å². The summed E-state index contributed by atoms with van der Waals surface area (Å²) in [5, 5.41) is 0. The van der Waals surface area contributed by atoms with E-state index in [0.29, 0.717) is 16.8 Å². The number of hydrogen-bond donors (Lipinski definition) is 1. The molecule has 1 aliphatic rings. The van der Waals surface area contributed by atoms with Crippen molar-refractivity contribution in [3.8, 4) is 0 Å². The number of ether oxygens (including phenoxy) is 1. The van der Waals surface area contributed by atoms with Crippen molar-refractivity contribution >= 4 is 33.6 Å². The molecule has 10 heteroatoms. The zero-order valence-corrected chi connectivity index (χ0v) is 19.8. The van der Waals surface area contributed by atoms with Gasteiger partial charge in [0.05, 0.1) is 12.8 Å². The van der Waals surface area contributed by atoms with E-state index in [2.05, 4.69) is 4.99 Å². The van der Waals surface area contributed by atoms with Crippen molar-refractivity contribution in [2.45, 2.75) is 32.3 Å². The molecule has 2 amide bonds. The molecule has 1 unspecified atom stereocenters. The molecule has 33 heavy (non-hydrogen) atoms. The predicted molar refractivity (Wildman–Crippen MR) is 125 cm³/mol. The molecule has 1 saturated heterocycles. The quantitative estimate of drug-likeness (QED) is 0.388. The Bertz CT molecular complexity index is 1180. The lowest BCUT2D eigenvalue weighted by Gasteiger charge is -2.21. The number of carbonyl (C=O) groups is 2. The number of amidine groups is 1. The van der Waals surface area contributed by atoms with Gasteiger partial charge in [-0.3, -0.25) is 13.9 Å². The molecule has 2 N–H and O–H groups in total. The van der Waals surface area contributed by atoms with Crippen LogP contribution in [0.1, 0.15) is 42.3 Å². The van der Waals surface area contributed by atoms with Gasteiger partial charge in [-0.1, -0.05) is 39.0 Å². The van der Waals surface area contributed by atoms with Crippen LogP contribution in [0.4, 0.5) is 10.5 Å². The summed E-state index contributed by atoms with van der Waals surface area (Å²) in [5.41, 5.74) is 8.27. The normalized spacial score (nSPS) is 17.2. The second-order valence-corrected chi connectivity index (χ2v) is 10.4. The van der Waals surface area contributed by atoms with Crippen molar-refractivity contribution in [3.05, 3.63) is 65.2 Å². The van der Waals surface area contributed by atoms with Crippen molar-refractivity contribution < 1.29 is 26.9 Å². The predicted octanol–water partition coefficient (Wildman–Crippen LogP) is 2.83. The second kappa shape index (κ2) is 9.32. The topological polar surface area (TPSA) is 128 Å². The highest BCUT2D eigenvalue weighted by molar-refractivity contribution is 7.85. The van der Waals surface area contributed by atoms with Gasteiger partial charge in [0.1, 0.15) is 18.5 Å². The van der Waals surface area contributed by atoms with Gasteiger partial charge in [0, 0.05) is 16.8 Å². The van der Waals surface area contributed by atoms with Crippen LogP contribution in [0.25, 0.3) is 0 Å². The lowest BCUT2D eigenvalue weighted by molar-refractivity contribution is 0.100. The van der Waals surface area contributed by atoms with Gasteiger partial charge < -0.3 is 10.5 Å². The summed E-state index contributed by atoms with van der Waals surface area (Å²) in [4.78, 5) is 30.4. The lowest BCUT2D eigenvalue weighted by atomic mass is 9.83. The molecule has 176 valence electrons. The molecule has 0 aliphatic carbocycles. The summed E-state index contributed by atoms with van der Waals surface area (Å²) < 4.78 is 32.1. The first-order valence-electron chi connectivity index (χ1n) is 10.3. The van der Waals surface area contributed by atoms with Gasteiger partial charge in [-0.15, -0.1) is 0 Å². The molecule has 9 nitrogen and oxygen atoms in total. The average molecular weight is 474 g/mol. The Labute approximate surface area is 193 Å². The van der Waals surface area contributed by atoms with Gasteiger partial charge >= 0.3 is 6.09 Å². The molecule has 1 atom stereocenters. The smallest absolute Gasteiger partial charge is 0.414 e. The number of anilines is 1. The molecule has 1 aliphatic heterocycles. The average Bonchev–Trinajstić information content (AvgIpc) is 3.12. The SMILES string of the molecule is CC(C)(C)c1ccccc1C(=O)N=C(N)c1ccc(N2CC(COS(C)(=O)=O)OC2=O)cc1. The van der Waals surface area contributed by atoms with E-state index in [1.54, 1.807) is 36.4 Å². The van der Waals surface area contributed by atoms with Crippen LogP contribution < -0.4 is 10.6 Å². The minimum atomic E-state index is -3.63. The molecule has 3 rings (SSSR count). The number of aliphatic imine (C=N–C) groups is 1. The number of carbonyl (C=O) groups excluding carboxylic acids is 2. The van der Waals surface area contributed by atoms with E-state index in [9.17, 15) is 18.0 Å². The number of cyclic esters (lactones) is 1. The molecule has 0 radical (unpaired) electrons. The summed E-state index contributed by atoms with van der Waals surface area (Å²) in [7, 11) is -3.63. The first-order valence-corrected chi connectivity index (χ1v) is 12.1. The molecular formula is C23H27N3O6S. The molecule has 0 bridgehead atoms. The fraction of sp³-hybridized carbons (Fsp3) is 0.348. The summed E-state index contributed by atoms with van der Waals surface area (Å²) in [6.07, 6.45) is -0.391. The minimum absolute atomic E-state index is 0.0543. The van der Waals surface area contributed by atoms with Crippen LogP contribution in [0.3, 0.4) is 0 Å². The fourth-order valence-corrected chi connectivity index (χ4v) is 3.79. The van der Waals surface area contributed by atoms with Crippen LogP contribution in [0.2, 0.25) is 0 Å². The minimum Gasteiger partial charge on any atom is -0.441 e. The van der Waals surface area contributed by atoms with Crippen molar-refractivity contribution in [3.63, 3.8) is 0 Å². The highest BCUT2D eigenvalue weighted by Gasteiger charge is 2.33. The first-order chi connectivity index (χ1) is 15.3. The Morgan fingerprint density at radius 1 is 1.18 bits per heavy atom. The number of amides is 2. The van der Waals surface area contributed by atoms with Crippen molar-refractivity contribution in [2.75, 3.05) is 24.3 Å². The van der Waals surface area contributed by atoms with E-state index < -0.39 is 28.2 Å². The third kappa shape index (κ3) is 6.17. The number of benzene rings is 2.